The van der Waals surface area contributed by atoms with Gasteiger partial charge in [-0.05, 0) is 35.4 Å². The first-order chi connectivity index (χ1) is 12.7. The van der Waals surface area contributed by atoms with Gasteiger partial charge in [0.25, 0.3) is 0 Å². The highest BCUT2D eigenvalue weighted by Gasteiger charge is 2.41. The highest BCUT2D eigenvalue weighted by molar-refractivity contribution is 5.64. The van der Waals surface area contributed by atoms with E-state index >= 15 is 0 Å². The third-order valence-corrected chi connectivity index (χ3v) is 3.65. The predicted molar refractivity (Wildman–Crippen MR) is 82.6 cm³/mol. The molecule has 0 bridgehead atoms. The molecule has 27 heavy (non-hydrogen) atoms. The maximum absolute atomic E-state index is 14.1. The number of alkyl halides is 2. The second kappa shape index (κ2) is 6.94. The summed E-state index contributed by atoms with van der Waals surface area (Å²) in [4.78, 5) is 0. The van der Waals surface area contributed by atoms with Crippen molar-refractivity contribution in [2.75, 3.05) is 0 Å². The zero-order valence-corrected chi connectivity index (χ0v) is 13.3. The molecule has 8 heteroatoms. The summed E-state index contributed by atoms with van der Waals surface area (Å²) in [5.41, 5.74) is -1.08. The molecular formula is C19H9F7O. The van der Waals surface area contributed by atoms with Crippen molar-refractivity contribution in [2.24, 2.45) is 0 Å². The van der Waals surface area contributed by atoms with E-state index in [2.05, 4.69) is 4.74 Å². The van der Waals surface area contributed by atoms with Crippen LogP contribution in [-0.4, -0.2) is 0 Å². The third kappa shape index (κ3) is 3.89. The molecule has 140 valence electrons. The fourth-order valence-electron chi connectivity index (χ4n) is 2.41. The minimum absolute atomic E-state index is 0.113. The topological polar surface area (TPSA) is 9.23 Å². The van der Waals surface area contributed by atoms with Crippen molar-refractivity contribution in [3.63, 3.8) is 0 Å². The van der Waals surface area contributed by atoms with Crippen LogP contribution in [0, 0.1) is 29.1 Å². The number of rotatable bonds is 4. The zero-order chi connectivity index (χ0) is 19.8. The van der Waals surface area contributed by atoms with Crippen LogP contribution in [0.1, 0.15) is 5.56 Å². The lowest BCUT2D eigenvalue weighted by atomic mass is 10.1. The molecule has 0 aromatic heterocycles. The maximum Gasteiger partial charge on any atom is 0.432 e. The summed E-state index contributed by atoms with van der Waals surface area (Å²) >= 11 is 0. The Kier molecular flexibility index (Phi) is 4.82. The zero-order valence-electron chi connectivity index (χ0n) is 13.3. The van der Waals surface area contributed by atoms with Gasteiger partial charge in [-0.2, -0.15) is 8.78 Å². The molecule has 3 rings (SSSR count). The molecule has 0 aliphatic heterocycles. The molecule has 0 atom stereocenters. The van der Waals surface area contributed by atoms with Crippen LogP contribution >= 0.6 is 0 Å². The summed E-state index contributed by atoms with van der Waals surface area (Å²) in [6.45, 7) is 0. The van der Waals surface area contributed by atoms with E-state index in [0.29, 0.717) is 5.56 Å². The summed E-state index contributed by atoms with van der Waals surface area (Å²) in [5, 5.41) is 0. The van der Waals surface area contributed by atoms with E-state index in [-0.39, 0.29) is 17.7 Å². The Morgan fingerprint density at radius 3 is 1.70 bits per heavy atom. The van der Waals surface area contributed by atoms with Gasteiger partial charge >= 0.3 is 6.11 Å². The fraction of sp³-hybridized carbons (Fsp3) is 0.0526. The Balaban J connectivity index is 1.86. The maximum atomic E-state index is 14.1. The minimum Gasteiger partial charge on any atom is -0.429 e. The average molecular weight is 386 g/mol. The Morgan fingerprint density at radius 2 is 1.15 bits per heavy atom. The molecule has 0 saturated heterocycles. The van der Waals surface area contributed by atoms with Gasteiger partial charge in [-0.15, -0.1) is 0 Å². The first-order valence-corrected chi connectivity index (χ1v) is 7.45. The number of benzene rings is 3. The second-order valence-electron chi connectivity index (χ2n) is 5.52. The SMILES string of the molecule is Fc1cc(F)c(C(F)(F)Oc2ccc(-c3ccc(F)c(F)c3)cc2)c(F)c1. The van der Waals surface area contributed by atoms with E-state index in [0.717, 1.165) is 24.3 Å². The smallest absolute Gasteiger partial charge is 0.429 e. The second-order valence-corrected chi connectivity index (χ2v) is 5.52. The first kappa shape index (κ1) is 18.8. The van der Waals surface area contributed by atoms with Crippen molar-refractivity contribution in [2.45, 2.75) is 6.11 Å². The number of hydrogen-bond acceptors (Lipinski definition) is 1. The van der Waals surface area contributed by atoms with Crippen LogP contribution < -0.4 is 4.74 Å². The molecule has 0 saturated carbocycles. The molecule has 0 unspecified atom stereocenters. The Hall–Kier alpha value is -3.03. The molecule has 0 fully saturated rings. The van der Waals surface area contributed by atoms with Crippen molar-refractivity contribution < 1.29 is 35.5 Å². The molecular weight excluding hydrogens is 377 g/mol. The van der Waals surface area contributed by atoms with Crippen molar-refractivity contribution in [1.82, 2.24) is 0 Å². The molecule has 0 heterocycles. The van der Waals surface area contributed by atoms with E-state index in [1.165, 1.54) is 18.2 Å². The molecule has 0 spiro atoms. The van der Waals surface area contributed by atoms with Gasteiger partial charge in [0.15, 0.2) is 11.6 Å². The van der Waals surface area contributed by atoms with Crippen molar-refractivity contribution in [1.29, 1.82) is 0 Å². The van der Waals surface area contributed by atoms with Crippen LogP contribution in [0.4, 0.5) is 30.7 Å². The molecule has 0 aliphatic rings. The van der Waals surface area contributed by atoms with Gasteiger partial charge in [-0.25, -0.2) is 22.0 Å². The summed E-state index contributed by atoms with van der Waals surface area (Å²) < 4.78 is 98.8. The lowest BCUT2D eigenvalue weighted by molar-refractivity contribution is -0.189. The van der Waals surface area contributed by atoms with Crippen LogP contribution in [0.15, 0.2) is 54.6 Å². The Morgan fingerprint density at radius 1 is 0.593 bits per heavy atom. The van der Waals surface area contributed by atoms with Crippen LogP contribution in [0.2, 0.25) is 0 Å². The highest BCUT2D eigenvalue weighted by atomic mass is 19.3. The quantitative estimate of drug-likeness (QED) is 0.487. The molecule has 0 N–H and O–H groups in total. The average Bonchev–Trinajstić information content (AvgIpc) is 2.56. The molecule has 3 aromatic rings. The van der Waals surface area contributed by atoms with Crippen LogP contribution in [0.25, 0.3) is 11.1 Å². The minimum atomic E-state index is -4.41. The fourth-order valence-corrected chi connectivity index (χ4v) is 2.41. The van der Waals surface area contributed by atoms with Crippen molar-refractivity contribution in [3.8, 4) is 16.9 Å². The van der Waals surface area contributed by atoms with Gasteiger partial charge in [-0.3, -0.25) is 0 Å². The van der Waals surface area contributed by atoms with E-state index < -0.39 is 46.5 Å². The van der Waals surface area contributed by atoms with Crippen molar-refractivity contribution >= 4 is 0 Å². The molecule has 3 aromatic carbocycles. The largest absolute Gasteiger partial charge is 0.432 e. The highest BCUT2D eigenvalue weighted by Crippen LogP contribution is 2.36. The lowest BCUT2D eigenvalue weighted by Crippen LogP contribution is -2.25. The summed E-state index contributed by atoms with van der Waals surface area (Å²) in [6, 6.07) is 8.00. The molecule has 0 radical (unpaired) electrons. The monoisotopic (exact) mass is 386 g/mol. The number of halogens is 7. The summed E-state index contributed by atoms with van der Waals surface area (Å²) in [6.07, 6.45) is -4.41. The first-order valence-electron chi connectivity index (χ1n) is 7.45. The molecule has 1 nitrogen and oxygen atoms in total. The Bertz CT molecular complexity index is 961. The van der Waals surface area contributed by atoms with Gasteiger partial charge in [0.1, 0.15) is 28.8 Å². The van der Waals surface area contributed by atoms with Crippen LogP contribution in [0.3, 0.4) is 0 Å². The standard InChI is InChI=1S/C19H9F7O/c20-12-8-16(23)18(17(24)9-12)19(25,26)27-13-4-1-10(2-5-13)11-3-6-14(21)15(22)7-11/h1-9H. The predicted octanol–water partition coefficient (Wildman–Crippen LogP) is 6.18. The van der Waals surface area contributed by atoms with E-state index in [1.54, 1.807) is 0 Å². The molecule has 0 amide bonds. The normalized spacial score (nSPS) is 11.5. The van der Waals surface area contributed by atoms with Gasteiger partial charge in [0, 0.05) is 12.1 Å². The number of ether oxygens (including phenoxy) is 1. The number of hydrogen-bond donors (Lipinski definition) is 0. The molecule has 0 aliphatic carbocycles. The lowest BCUT2D eigenvalue weighted by Gasteiger charge is -2.19. The van der Waals surface area contributed by atoms with E-state index in [1.807, 2.05) is 0 Å². The summed E-state index contributed by atoms with van der Waals surface area (Å²) in [5.74, 6) is -7.51. The van der Waals surface area contributed by atoms with E-state index in [4.69, 9.17) is 0 Å². The van der Waals surface area contributed by atoms with Gasteiger partial charge in [0.2, 0.25) is 0 Å². The third-order valence-electron chi connectivity index (χ3n) is 3.65. The van der Waals surface area contributed by atoms with Gasteiger partial charge in [-0.1, -0.05) is 18.2 Å². The van der Waals surface area contributed by atoms with Crippen molar-refractivity contribution in [3.05, 3.63) is 89.2 Å². The van der Waals surface area contributed by atoms with Gasteiger partial charge < -0.3 is 4.74 Å². The summed E-state index contributed by atoms with van der Waals surface area (Å²) in [7, 11) is 0. The van der Waals surface area contributed by atoms with E-state index in [9.17, 15) is 30.7 Å². The Labute approximate surface area is 148 Å². The van der Waals surface area contributed by atoms with Crippen LogP contribution in [0.5, 0.6) is 5.75 Å². The van der Waals surface area contributed by atoms with Gasteiger partial charge in [0.05, 0.1) is 0 Å². The van der Waals surface area contributed by atoms with Crippen LogP contribution in [-0.2, 0) is 6.11 Å².